The minimum Gasteiger partial charge on any atom is -0.392 e. The number of aryl methyl sites for hydroxylation is 2. The molecule has 0 aromatic heterocycles. The highest BCUT2D eigenvalue weighted by Crippen LogP contribution is 2.38. The highest BCUT2D eigenvalue weighted by molar-refractivity contribution is 5.45. The van der Waals surface area contributed by atoms with Gasteiger partial charge in [0.05, 0.1) is 6.10 Å². The highest BCUT2D eigenvalue weighted by atomic mass is 16.3. The van der Waals surface area contributed by atoms with Crippen LogP contribution in [0.4, 0.5) is 0 Å². The number of hydrogen-bond donors (Lipinski definition) is 2. The summed E-state index contributed by atoms with van der Waals surface area (Å²) < 4.78 is 0. The number of aliphatic hydroxyl groups excluding tert-OH is 1. The summed E-state index contributed by atoms with van der Waals surface area (Å²) in [7, 11) is 0. The van der Waals surface area contributed by atoms with Gasteiger partial charge in [-0.1, -0.05) is 136 Å². The van der Waals surface area contributed by atoms with E-state index in [0.717, 1.165) is 6.42 Å². The van der Waals surface area contributed by atoms with E-state index in [2.05, 4.69) is 144 Å². The molecule has 2 nitrogen and oxygen atoms in total. The summed E-state index contributed by atoms with van der Waals surface area (Å²) in [6.07, 6.45) is 0.467. The molecule has 2 heteroatoms. The summed E-state index contributed by atoms with van der Waals surface area (Å²) in [6.45, 7) is 14.1. The van der Waals surface area contributed by atoms with Crippen LogP contribution in [-0.4, -0.2) is 23.8 Å². The summed E-state index contributed by atoms with van der Waals surface area (Å²) >= 11 is 0. The number of β-amino-alcohol motifs (C(OH)–C–C–N with tert-alkyl or cyclic N) is 1. The fraction of sp³-hybridized carbons (Fsp3) is 0.351. The topological polar surface area (TPSA) is 32.3 Å². The van der Waals surface area contributed by atoms with Crippen LogP contribution in [0.5, 0.6) is 0 Å². The fourth-order valence-electron chi connectivity index (χ4n) is 6.15. The zero-order chi connectivity index (χ0) is 27.8. The molecule has 0 saturated carbocycles. The van der Waals surface area contributed by atoms with Crippen molar-refractivity contribution in [1.82, 2.24) is 5.32 Å². The zero-order valence-corrected chi connectivity index (χ0v) is 24.3. The van der Waals surface area contributed by atoms with Crippen molar-refractivity contribution in [1.29, 1.82) is 0 Å². The number of rotatable bonds is 7. The van der Waals surface area contributed by atoms with Crippen LogP contribution >= 0.6 is 0 Å². The Morgan fingerprint density at radius 3 is 1.23 bits per heavy atom. The second kappa shape index (κ2) is 10.8. The molecule has 0 amide bonds. The van der Waals surface area contributed by atoms with Gasteiger partial charge in [-0.25, -0.2) is 0 Å². The number of aliphatic hydroxyl groups is 1. The molecule has 1 heterocycles. The van der Waals surface area contributed by atoms with Gasteiger partial charge in [-0.05, 0) is 53.6 Å². The van der Waals surface area contributed by atoms with Gasteiger partial charge in [0.25, 0.3) is 0 Å². The normalized spacial score (nSPS) is 18.1. The molecule has 202 valence electrons. The third-order valence-electron chi connectivity index (χ3n) is 9.07. The van der Waals surface area contributed by atoms with Crippen molar-refractivity contribution < 1.29 is 5.11 Å². The molecule has 2 N–H and O–H groups in total. The molecule has 0 bridgehead atoms. The average molecular weight is 518 g/mol. The third kappa shape index (κ3) is 5.60. The molecule has 0 spiro atoms. The lowest BCUT2D eigenvalue weighted by Crippen LogP contribution is -2.30. The first kappa shape index (κ1) is 27.4. The summed E-state index contributed by atoms with van der Waals surface area (Å²) in [4.78, 5) is 0. The second-order valence-electron chi connectivity index (χ2n) is 12.6. The van der Waals surface area contributed by atoms with Crippen molar-refractivity contribution in [3.8, 4) is 0 Å². The van der Waals surface area contributed by atoms with Gasteiger partial charge < -0.3 is 10.4 Å². The molecular formula is C37H43NO. The van der Waals surface area contributed by atoms with E-state index in [1.807, 2.05) is 0 Å². The van der Waals surface area contributed by atoms with Crippen molar-refractivity contribution in [3.05, 3.63) is 142 Å². The average Bonchev–Trinajstić information content (AvgIpc) is 3.35. The Bertz CT molecular complexity index is 1280. The van der Waals surface area contributed by atoms with E-state index in [9.17, 15) is 5.11 Å². The summed E-state index contributed by atoms with van der Waals surface area (Å²) in [6, 6.07) is 36.3. The fourth-order valence-corrected chi connectivity index (χ4v) is 6.15. The smallest absolute Gasteiger partial charge is 0.0679 e. The number of nitrogens with one attached hydrogen (secondary N) is 1. The summed E-state index contributed by atoms with van der Waals surface area (Å²) in [5.41, 5.74) is 10.3. The molecule has 0 radical (unpaired) electrons. The van der Waals surface area contributed by atoms with Gasteiger partial charge in [0.1, 0.15) is 0 Å². The minimum atomic E-state index is -0.294. The molecule has 2 atom stereocenters. The second-order valence-corrected chi connectivity index (χ2v) is 12.6. The van der Waals surface area contributed by atoms with Gasteiger partial charge in [0.15, 0.2) is 0 Å². The Morgan fingerprint density at radius 1 is 0.590 bits per heavy atom. The van der Waals surface area contributed by atoms with E-state index in [1.165, 1.54) is 44.5 Å². The molecule has 4 aromatic carbocycles. The molecule has 1 aliphatic heterocycles. The van der Waals surface area contributed by atoms with E-state index < -0.39 is 0 Å². The van der Waals surface area contributed by atoms with Crippen molar-refractivity contribution in [3.63, 3.8) is 0 Å². The third-order valence-corrected chi connectivity index (χ3v) is 9.07. The number of benzene rings is 4. The Hall–Kier alpha value is -3.20. The maximum Gasteiger partial charge on any atom is 0.0679 e. The van der Waals surface area contributed by atoms with Crippen LogP contribution < -0.4 is 5.32 Å². The Labute approximate surface area is 235 Å². The lowest BCUT2D eigenvalue weighted by Gasteiger charge is -2.30. The summed E-state index contributed by atoms with van der Waals surface area (Å²) in [5, 5.41) is 14.0. The van der Waals surface area contributed by atoms with E-state index in [1.54, 1.807) is 0 Å². The SMILES string of the molecule is Cc1ccc(C(C)(C)c2ccc(C(c3ccc(C(C)(C)c4ccc(C)cc4)cc3)[C@H]3C[C@H](O)CN3)cc2)cc1. The molecule has 0 aliphatic carbocycles. The molecule has 4 aromatic rings. The van der Waals surface area contributed by atoms with Crippen molar-refractivity contribution >= 4 is 0 Å². The van der Waals surface area contributed by atoms with Crippen molar-refractivity contribution in [2.75, 3.05) is 6.54 Å². The maximum atomic E-state index is 10.4. The van der Waals surface area contributed by atoms with Gasteiger partial charge >= 0.3 is 0 Å². The van der Waals surface area contributed by atoms with Crippen LogP contribution in [0.15, 0.2) is 97.1 Å². The van der Waals surface area contributed by atoms with Crippen LogP contribution in [0.2, 0.25) is 0 Å². The number of hydrogen-bond acceptors (Lipinski definition) is 2. The minimum absolute atomic E-state index is 0.0766. The molecule has 1 saturated heterocycles. The van der Waals surface area contributed by atoms with Crippen LogP contribution in [0.25, 0.3) is 0 Å². The predicted octanol–water partition coefficient (Wildman–Crippen LogP) is 7.81. The zero-order valence-electron chi connectivity index (χ0n) is 24.3. The van der Waals surface area contributed by atoms with Crippen LogP contribution in [0.1, 0.15) is 84.5 Å². The van der Waals surface area contributed by atoms with Crippen LogP contribution in [0, 0.1) is 13.8 Å². The molecular weight excluding hydrogens is 474 g/mol. The van der Waals surface area contributed by atoms with E-state index in [-0.39, 0.29) is 28.9 Å². The van der Waals surface area contributed by atoms with Gasteiger partial charge in [0, 0.05) is 29.3 Å². The first-order chi connectivity index (χ1) is 18.6. The largest absolute Gasteiger partial charge is 0.392 e. The van der Waals surface area contributed by atoms with E-state index in [4.69, 9.17) is 0 Å². The molecule has 39 heavy (non-hydrogen) atoms. The van der Waals surface area contributed by atoms with Crippen molar-refractivity contribution in [2.24, 2.45) is 0 Å². The lowest BCUT2D eigenvalue weighted by molar-refractivity contribution is 0.192. The first-order valence-electron chi connectivity index (χ1n) is 14.3. The highest BCUT2D eigenvalue weighted by Gasteiger charge is 2.33. The van der Waals surface area contributed by atoms with Gasteiger partial charge in [-0.15, -0.1) is 0 Å². The van der Waals surface area contributed by atoms with Gasteiger partial charge in [-0.2, -0.15) is 0 Å². The molecule has 1 fully saturated rings. The van der Waals surface area contributed by atoms with E-state index >= 15 is 0 Å². The quantitative estimate of drug-likeness (QED) is 0.262. The Kier molecular flexibility index (Phi) is 7.55. The standard InChI is InChI=1S/C37H43NO/c1-25-7-15-29(16-8-25)36(3,4)31-19-11-27(12-20-31)35(34-23-33(39)24-38-34)28-13-21-32(22-14-28)37(5,6)30-17-9-26(2)10-18-30/h7-22,33-35,38-39H,23-24H2,1-6H3/t33-,34+/m0/s1. The van der Waals surface area contributed by atoms with E-state index in [0.29, 0.717) is 6.54 Å². The molecule has 5 rings (SSSR count). The van der Waals surface area contributed by atoms with Crippen LogP contribution in [-0.2, 0) is 10.8 Å². The van der Waals surface area contributed by atoms with Crippen LogP contribution in [0.3, 0.4) is 0 Å². The van der Waals surface area contributed by atoms with Gasteiger partial charge in [-0.3, -0.25) is 0 Å². The first-order valence-corrected chi connectivity index (χ1v) is 14.3. The monoisotopic (exact) mass is 517 g/mol. The lowest BCUT2D eigenvalue weighted by atomic mass is 9.75. The predicted molar refractivity (Wildman–Crippen MR) is 164 cm³/mol. The van der Waals surface area contributed by atoms with Crippen molar-refractivity contribution in [2.45, 2.75) is 76.9 Å². The summed E-state index contributed by atoms with van der Waals surface area (Å²) in [5.74, 6) is 0.176. The Morgan fingerprint density at radius 2 is 0.923 bits per heavy atom. The van der Waals surface area contributed by atoms with Gasteiger partial charge in [0.2, 0.25) is 0 Å². The Balaban J connectivity index is 1.46. The molecule has 0 unspecified atom stereocenters. The molecule has 1 aliphatic rings. The maximum absolute atomic E-state index is 10.4.